The van der Waals surface area contributed by atoms with Crippen LogP contribution in [0.5, 0.6) is 0 Å². The van der Waals surface area contributed by atoms with Crippen LogP contribution >= 0.6 is 0 Å². The van der Waals surface area contributed by atoms with E-state index in [1.54, 1.807) is 23.1 Å². The first-order chi connectivity index (χ1) is 10.5. The van der Waals surface area contributed by atoms with E-state index in [1.165, 1.54) is 18.2 Å². The number of hydrogen-bond donors (Lipinski definition) is 2. The number of aromatic carboxylic acids is 1. The van der Waals surface area contributed by atoms with Crippen molar-refractivity contribution in [3.8, 4) is 0 Å². The zero-order chi connectivity index (χ0) is 16.1. The largest absolute Gasteiger partial charge is 0.478 e. The van der Waals surface area contributed by atoms with Crippen LogP contribution in [0.15, 0.2) is 30.3 Å². The molecule has 1 aliphatic rings. The third-order valence-electron chi connectivity index (χ3n) is 3.71. The second kappa shape index (κ2) is 6.89. The van der Waals surface area contributed by atoms with Crippen LogP contribution in [0.25, 0.3) is 6.08 Å². The van der Waals surface area contributed by atoms with Gasteiger partial charge in [0, 0.05) is 19.2 Å². The monoisotopic (exact) mass is 302 g/mol. The molecule has 116 valence electrons. The van der Waals surface area contributed by atoms with Gasteiger partial charge in [-0.2, -0.15) is 0 Å². The summed E-state index contributed by atoms with van der Waals surface area (Å²) in [5.41, 5.74) is 6.23. The van der Waals surface area contributed by atoms with Crippen LogP contribution in [-0.2, 0) is 9.59 Å². The molecule has 3 N–H and O–H groups in total. The number of piperidine rings is 1. The van der Waals surface area contributed by atoms with Gasteiger partial charge < -0.3 is 15.7 Å². The van der Waals surface area contributed by atoms with E-state index in [0.29, 0.717) is 13.1 Å². The molecule has 0 radical (unpaired) electrons. The van der Waals surface area contributed by atoms with E-state index in [9.17, 15) is 14.4 Å². The standard InChI is InChI=1S/C16H18N2O4/c17-15(20)13-2-1-9-18(10-13)14(19)8-5-11-3-6-12(7-4-11)16(21)22/h3-8,13H,1-2,9-10H2,(H2,17,20)(H,21,22)/b8-5+. The number of nitrogens with zero attached hydrogens (tertiary/aromatic N) is 1. The van der Waals surface area contributed by atoms with Crippen LogP contribution in [0, 0.1) is 5.92 Å². The molecule has 1 aliphatic heterocycles. The molecule has 1 unspecified atom stereocenters. The Bertz CT molecular complexity index is 607. The van der Waals surface area contributed by atoms with Crippen LogP contribution in [-0.4, -0.2) is 40.9 Å². The van der Waals surface area contributed by atoms with Crippen LogP contribution in [0.4, 0.5) is 0 Å². The van der Waals surface area contributed by atoms with Gasteiger partial charge in [0.25, 0.3) is 0 Å². The number of amides is 2. The molecule has 22 heavy (non-hydrogen) atoms. The molecular weight excluding hydrogens is 284 g/mol. The minimum atomic E-state index is -0.989. The summed E-state index contributed by atoms with van der Waals surface area (Å²) in [4.78, 5) is 35.7. The number of hydrogen-bond acceptors (Lipinski definition) is 3. The Morgan fingerprint density at radius 3 is 2.50 bits per heavy atom. The number of nitrogens with two attached hydrogens (primary N) is 1. The Morgan fingerprint density at radius 2 is 1.91 bits per heavy atom. The van der Waals surface area contributed by atoms with Crippen molar-refractivity contribution in [3.63, 3.8) is 0 Å². The molecule has 1 fully saturated rings. The Kier molecular flexibility index (Phi) is 4.93. The van der Waals surface area contributed by atoms with Crippen LogP contribution in [0.1, 0.15) is 28.8 Å². The average Bonchev–Trinajstić information content (AvgIpc) is 2.53. The fourth-order valence-corrected chi connectivity index (χ4v) is 2.42. The molecule has 0 bridgehead atoms. The highest BCUT2D eigenvalue weighted by Gasteiger charge is 2.25. The van der Waals surface area contributed by atoms with Crippen molar-refractivity contribution in [1.82, 2.24) is 4.90 Å². The van der Waals surface area contributed by atoms with Crippen molar-refractivity contribution in [2.24, 2.45) is 11.7 Å². The molecule has 1 saturated heterocycles. The van der Waals surface area contributed by atoms with E-state index in [2.05, 4.69) is 0 Å². The molecule has 2 rings (SSSR count). The minimum Gasteiger partial charge on any atom is -0.478 e. The normalized spacial score (nSPS) is 18.4. The van der Waals surface area contributed by atoms with Gasteiger partial charge in [0.05, 0.1) is 11.5 Å². The predicted molar refractivity (Wildman–Crippen MR) is 80.9 cm³/mol. The Morgan fingerprint density at radius 1 is 1.23 bits per heavy atom. The lowest BCUT2D eigenvalue weighted by Crippen LogP contribution is -2.43. The van der Waals surface area contributed by atoms with Crippen LogP contribution in [0.3, 0.4) is 0 Å². The van der Waals surface area contributed by atoms with Gasteiger partial charge in [0.15, 0.2) is 0 Å². The van der Waals surface area contributed by atoms with Crippen molar-refractivity contribution in [3.05, 3.63) is 41.5 Å². The van der Waals surface area contributed by atoms with E-state index in [1.807, 2.05) is 0 Å². The molecule has 2 amide bonds. The lowest BCUT2D eigenvalue weighted by atomic mass is 9.97. The number of primary amides is 1. The Hall–Kier alpha value is -2.63. The molecule has 6 nitrogen and oxygen atoms in total. The maximum Gasteiger partial charge on any atom is 0.335 e. The lowest BCUT2D eigenvalue weighted by molar-refractivity contribution is -0.130. The number of likely N-dealkylation sites (tertiary alicyclic amines) is 1. The summed E-state index contributed by atoms with van der Waals surface area (Å²) in [5.74, 6) is -1.81. The van der Waals surface area contributed by atoms with E-state index in [-0.39, 0.29) is 23.3 Å². The number of carbonyl (C=O) groups excluding carboxylic acids is 2. The molecule has 0 spiro atoms. The summed E-state index contributed by atoms with van der Waals surface area (Å²) in [6, 6.07) is 6.23. The smallest absolute Gasteiger partial charge is 0.335 e. The maximum atomic E-state index is 12.1. The molecule has 6 heteroatoms. The number of carbonyl (C=O) groups is 3. The van der Waals surface area contributed by atoms with E-state index >= 15 is 0 Å². The average molecular weight is 302 g/mol. The first kappa shape index (κ1) is 15.8. The summed E-state index contributed by atoms with van der Waals surface area (Å²) in [6.07, 6.45) is 4.54. The van der Waals surface area contributed by atoms with Crippen molar-refractivity contribution in [2.45, 2.75) is 12.8 Å². The van der Waals surface area contributed by atoms with Crippen LogP contribution in [0.2, 0.25) is 0 Å². The Balaban J connectivity index is 1.98. The van der Waals surface area contributed by atoms with Crippen molar-refractivity contribution >= 4 is 23.9 Å². The third-order valence-corrected chi connectivity index (χ3v) is 3.71. The number of rotatable bonds is 4. The maximum absolute atomic E-state index is 12.1. The van der Waals surface area contributed by atoms with E-state index in [4.69, 9.17) is 10.8 Å². The van der Waals surface area contributed by atoms with Crippen molar-refractivity contribution in [1.29, 1.82) is 0 Å². The third kappa shape index (κ3) is 3.94. The molecule has 0 saturated carbocycles. The zero-order valence-corrected chi connectivity index (χ0v) is 12.1. The molecular formula is C16H18N2O4. The number of carboxylic acids is 1. The van der Waals surface area contributed by atoms with E-state index in [0.717, 1.165) is 18.4 Å². The first-order valence-corrected chi connectivity index (χ1v) is 7.07. The fraction of sp³-hybridized carbons (Fsp3) is 0.312. The lowest BCUT2D eigenvalue weighted by Gasteiger charge is -2.30. The highest BCUT2D eigenvalue weighted by Crippen LogP contribution is 2.16. The summed E-state index contributed by atoms with van der Waals surface area (Å²) < 4.78 is 0. The molecule has 1 aromatic carbocycles. The van der Waals surface area contributed by atoms with Gasteiger partial charge in [-0.3, -0.25) is 9.59 Å². The molecule has 1 heterocycles. The minimum absolute atomic E-state index is 0.173. The summed E-state index contributed by atoms with van der Waals surface area (Å²) >= 11 is 0. The quantitative estimate of drug-likeness (QED) is 0.814. The summed E-state index contributed by atoms with van der Waals surface area (Å²) in [7, 11) is 0. The molecule has 0 aliphatic carbocycles. The summed E-state index contributed by atoms with van der Waals surface area (Å²) in [5, 5.41) is 8.82. The van der Waals surface area contributed by atoms with Crippen molar-refractivity contribution < 1.29 is 19.5 Å². The molecule has 1 atom stereocenters. The predicted octanol–water partition coefficient (Wildman–Crippen LogP) is 1.12. The topological polar surface area (TPSA) is 101 Å². The van der Waals surface area contributed by atoms with Gasteiger partial charge in [-0.05, 0) is 36.6 Å². The van der Waals surface area contributed by atoms with Gasteiger partial charge in [-0.15, -0.1) is 0 Å². The molecule has 1 aromatic rings. The highest BCUT2D eigenvalue weighted by molar-refractivity contribution is 5.92. The van der Waals surface area contributed by atoms with Crippen LogP contribution < -0.4 is 5.73 Å². The number of benzene rings is 1. The zero-order valence-electron chi connectivity index (χ0n) is 12.1. The fourth-order valence-electron chi connectivity index (χ4n) is 2.42. The SMILES string of the molecule is NC(=O)C1CCCN(C(=O)/C=C/c2ccc(C(=O)O)cc2)C1. The van der Waals surface area contributed by atoms with E-state index < -0.39 is 5.97 Å². The highest BCUT2D eigenvalue weighted by atomic mass is 16.4. The van der Waals surface area contributed by atoms with Crippen molar-refractivity contribution in [2.75, 3.05) is 13.1 Å². The van der Waals surface area contributed by atoms with Gasteiger partial charge in [-0.25, -0.2) is 4.79 Å². The first-order valence-electron chi connectivity index (χ1n) is 7.07. The summed E-state index contributed by atoms with van der Waals surface area (Å²) in [6.45, 7) is 0.974. The number of carboxylic acid groups (broad SMARTS) is 1. The van der Waals surface area contributed by atoms with Gasteiger partial charge in [0.2, 0.25) is 11.8 Å². The Labute approximate surface area is 128 Å². The van der Waals surface area contributed by atoms with Gasteiger partial charge >= 0.3 is 5.97 Å². The second-order valence-corrected chi connectivity index (χ2v) is 5.29. The van der Waals surface area contributed by atoms with Gasteiger partial charge in [-0.1, -0.05) is 12.1 Å². The molecule has 0 aromatic heterocycles. The van der Waals surface area contributed by atoms with Gasteiger partial charge in [0.1, 0.15) is 0 Å². The second-order valence-electron chi connectivity index (χ2n) is 5.29.